The second kappa shape index (κ2) is 12.3. The standard InChI is InChI=1S/C37H46N8O5S/c1-20(16-29(46)41-33-25-19-45(37(4,5)31(25)42-43-33)35(48)22-11-13-44(6)14-12-22)15-21-7-9-26-28(17-21)39-32(36(26,2)3)30-24-18-23(51(38,49)50)8-10-27(24)40-34(30)47/h7-10,17-18,20,22,39H,11-16,19H2,1-6H3,(H,40,47)(H2,38,49,50)(H2,41,42,43,46)/b32-30-. The number of rotatable bonds is 7. The molecule has 7 rings (SSSR count). The smallest absolute Gasteiger partial charge is 0.258 e. The first-order valence-electron chi connectivity index (χ1n) is 17.5. The van der Waals surface area contributed by atoms with Gasteiger partial charge in [-0.1, -0.05) is 32.9 Å². The number of nitrogens with one attached hydrogen (secondary N) is 4. The number of hydrogen-bond donors (Lipinski definition) is 5. The van der Waals surface area contributed by atoms with Crippen LogP contribution in [-0.2, 0) is 48.3 Å². The lowest BCUT2D eigenvalue weighted by atomic mass is 9.80. The highest BCUT2D eigenvalue weighted by molar-refractivity contribution is 7.89. The number of nitrogens with zero attached hydrogens (tertiary/aromatic N) is 3. The van der Waals surface area contributed by atoms with E-state index in [9.17, 15) is 22.8 Å². The molecule has 4 aliphatic heterocycles. The number of amides is 3. The Morgan fingerprint density at radius 1 is 1.06 bits per heavy atom. The number of aromatic amines is 1. The summed E-state index contributed by atoms with van der Waals surface area (Å²) < 4.78 is 24.2. The number of aromatic nitrogens is 2. The number of primary sulfonamides is 1. The van der Waals surface area contributed by atoms with E-state index in [4.69, 9.17) is 5.14 Å². The van der Waals surface area contributed by atoms with Crippen LogP contribution in [0.3, 0.4) is 0 Å². The fourth-order valence-corrected chi connectivity index (χ4v) is 8.70. The van der Waals surface area contributed by atoms with Crippen molar-refractivity contribution in [2.45, 2.75) is 82.7 Å². The molecule has 1 saturated heterocycles. The van der Waals surface area contributed by atoms with E-state index in [1.54, 1.807) is 6.07 Å². The lowest BCUT2D eigenvalue weighted by molar-refractivity contribution is -0.142. The van der Waals surface area contributed by atoms with Gasteiger partial charge >= 0.3 is 0 Å². The molecule has 2 aromatic carbocycles. The number of carbonyl (C=O) groups is 3. The highest BCUT2D eigenvalue weighted by atomic mass is 32.2. The second-order valence-electron chi connectivity index (χ2n) is 15.6. The number of piperidine rings is 1. The van der Waals surface area contributed by atoms with Crippen LogP contribution in [0.5, 0.6) is 0 Å². The maximum atomic E-state index is 13.6. The van der Waals surface area contributed by atoms with Crippen molar-refractivity contribution in [3.8, 4) is 0 Å². The highest BCUT2D eigenvalue weighted by Gasteiger charge is 2.46. The molecule has 5 heterocycles. The van der Waals surface area contributed by atoms with E-state index in [1.165, 1.54) is 12.1 Å². The molecular formula is C37H46N8O5S. The topological polar surface area (TPSA) is 183 Å². The van der Waals surface area contributed by atoms with Crippen LogP contribution in [-0.4, -0.2) is 66.3 Å². The fraction of sp³-hybridized carbons (Fsp3) is 0.459. The molecule has 0 saturated carbocycles. The number of allylic oxidation sites excluding steroid dienone is 1. The molecule has 1 unspecified atom stereocenters. The van der Waals surface area contributed by atoms with Crippen molar-refractivity contribution in [3.05, 3.63) is 70.0 Å². The third kappa shape index (κ3) is 6.12. The maximum absolute atomic E-state index is 13.6. The Labute approximate surface area is 298 Å². The molecule has 4 aliphatic rings. The molecule has 0 spiro atoms. The Morgan fingerprint density at radius 2 is 1.78 bits per heavy atom. The number of sulfonamides is 1. The van der Waals surface area contributed by atoms with E-state index in [0.717, 1.165) is 54.0 Å². The first kappa shape index (κ1) is 34.9. The second-order valence-corrected chi connectivity index (χ2v) is 17.2. The summed E-state index contributed by atoms with van der Waals surface area (Å²) in [5.74, 6) is 0.184. The van der Waals surface area contributed by atoms with E-state index >= 15 is 0 Å². The maximum Gasteiger partial charge on any atom is 0.258 e. The summed E-state index contributed by atoms with van der Waals surface area (Å²) in [5.41, 5.74) is 5.55. The van der Waals surface area contributed by atoms with Gasteiger partial charge in [0, 0.05) is 46.0 Å². The molecule has 51 heavy (non-hydrogen) atoms. The van der Waals surface area contributed by atoms with Crippen molar-refractivity contribution in [2.24, 2.45) is 17.0 Å². The monoisotopic (exact) mass is 714 g/mol. The minimum Gasteiger partial charge on any atom is -0.357 e. The quantitative estimate of drug-likeness (QED) is 0.225. The van der Waals surface area contributed by atoms with Crippen molar-refractivity contribution < 1.29 is 22.8 Å². The van der Waals surface area contributed by atoms with Crippen LogP contribution in [0.1, 0.15) is 81.8 Å². The molecule has 0 bridgehead atoms. The van der Waals surface area contributed by atoms with Gasteiger partial charge in [-0.15, -0.1) is 0 Å². The van der Waals surface area contributed by atoms with Crippen LogP contribution < -0.4 is 21.1 Å². The minimum absolute atomic E-state index is 0.00432. The van der Waals surface area contributed by atoms with Gasteiger partial charge in [-0.2, -0.15) is 5.10 Å². The summed E-state index contributed by atoms with van der Waals surface area (Å²) in [6.07, 6.45) is 2.61. The molecule has 6 N–H and O–H groups in total. The molecule has 13 nitrogen and oxygen atoms in total. The molecule has 0 aliphatic carbocycles. The molecule has 1 aromatic heterocycles. The van der Waals surface area contributed by atoms with Crippen molar-refractivity contribution in [3.63, 3.8) is 0 Å². The SMILES string of the molecule is CC(CC(=O)Nc1n[nH]c2c1CN(C(=O)C1CCN(C)CC1)C2(C)C)Cc1ccc2c(c1)N/C(=C1\C(=O)Nc3ccc(S(N)(=O)=O)cc31)C2(C)C. The Hall–Kier alpha value is -4.53. The highest BCUT2D eigenvalue weighted by Crippen LogP contribution is 2.49. The van der Waals surface area contributed by atoms with Gasteiger partial charge in [0.2, 0.25) is 21.8 Å². The molecule has 3 aromatic rings. The number of hydrogen-bond acceptors (Lipinski definition) is 8. The summed E-state index contributed by atoms with van der Waals surface area (Å²) in [4.78, 5) is 44.2. The number of likely N-dealkylation sites (tertiary alicyclic amines) is 1. The van der Waals surface area contributed by atoms with Gasteiger partial charge in [-0.05, 0) is 94.6 Å². The largest absolute Gasteiger partial charge is 0.357 e. The fourth-order valence-electron chi connectivity index (χ4n) is 8.16. The van der Waals surface area contributed by atoms with Gasteiger partial charge in [0.05, 0.1) is 28.2 Å². The molecule has 14 heteroatoms. The van der Waals surface area contributed by atoms with Gasteiger partial charge in [0.1, 0.15) is 0 Å². The van der Waals surface area contributed by atoms with Crippen LogP contribution >= 0.6 is 0 Å². The molecule has 3 amide bonds. The Morgan fingerprint density at radius 3 is 2.49 bits per heavy atom. The Balaban J connectivity index is 1.02. The van der Waals surface area contributed by atoms with Crippen LogP contribution in [0.2, 0.25) is 0 Å². The Kier molecular flexibility index (Phi) is 8.42. The third-order valence-electron chi connectivity index (χ3n) is 11.1. The summed E-state index contributed by atoms with van der Waals surface area (Å²) in [6.45, 7) is 12.3. The predicted octanol–water partition coefficient (Wildman–Crippen LogP) is 4.25. The molecule has 0 radical (unpaired) electrons. The van der Waals surface area contributed by atoms with Crippen LogP contribution in [0.25, 0.3) is 5.57 Å². The number of H-pyrrole nitrogens is 1. The average Bonchev–Trinajstić information content (AvgIpc) is 3.74. The number of anilines is 3. The minimum atomic E-state index is -3.96. The van der Waals surface area contributed by atoms with Crippen LogP contribution in [0, 0.1) is 11.8 Å². The number of fused-ring (bicyclic) bond motifs is 3. The zero-order valence-corrected chi connectivity index (χ0v) is 30.8. The number of nitrogens with two attached hydrogens (primary N) is 1. The third-order valence-corrected chi connectivity index (χ3v) is 12.0. The van der Waals surface area contributed by atoms with Crippen molar-refractivity contribution in [1.29, 1.82) is 0 Å². The van der Waals surface area contributed by atoms with Crippen molar-refractivity contribution in [1.82, 2.24) is 20.0 Å². The number of carbonyl (C=O) groups excluding carboxylic acids is 3. The number of benzene rings is 2. The molecule has 1 atom stereocenters. The van der Waals surface area contributed by atoms with Gasteiger partial charge in [-0.25, -0.2) is 13.6 Å². The molecular weight excluding hydrogens is 669 g/mol. The summed E-state index contributed by atoms with van der Waals surface area (Å²) in [6, 6.07) is 10.5. The lowest BCUT2D eigenvalue weighted by Crippen LogP contribution is -2.46. The summed E-state index contributed by atoms with van der Waals surface area (Å²) >= 11 is 0. The van der Waals surface area contributed by atoms with Crippen LogP contribution in [0.15, 0.2) is 47.0 Å². The lowest BCUT2D eigenvalue weighted by Gasteiger charge is -2.37. The summed E-state index contributed by atoms with van der Waals surface area (Å²) in [7, 11) is -1.88. The first-order valence-corrected chi connectivity index (χ1v) is 19.0. The molecule has 1 fully saturated rings. The van der Waals surface area contributed by atoms with Gasteiger partial charge in [0.15, 0.2) is 5.82 Å². The van der Waals surface area contributed by atoms with Gasteiger partial charge in [-0.3, -0.25) is 19.5 Å². The average molecular weight is 715 g/mol. The normalized spacial score (nSPS) is 21.5. The first-order chi connectivity index (χ1) is 23.9. The van der Waals surface area contributed by atoms with Crippen LogP contribution in [0.4, 0.5) is 17.2 Å². The predicted molar refractivity (Wildman–Crippen MR) is 195 cm³/mol. The van der Waals surface area contributed by atoms with E-state index in [-0.39, 0.29) is 40.9 Å². The van der Waals surface area contributed by atoms with Gasteiger partial charge < -0.3 is 25.8 Å². The van der Waals surface area contributed by atoms with Crippen molar-refractivity contribution in [2.75, 3.05) is 36.1 Å². The van der Waals surface area contributed by atoms with E-state index in [2.05, 4.69) is 38.1 Å². The van der Waals surface area contributed by atoms with E-state index in [1.807, 2.05) is 57.7 Å². The van der Waals surface area contributed by atoms with Crippen molar-refractivity contribution >= 4 is 50.5 Å². The zero-order chi connectivity index (χ0) is 36.6. The van der Waals surface area contributed by atoms with E-state index < -0.39 is 21.0 Å². The van der Waals surface area contributed by atoms with Gasteiger partial charge in [0.25, 0.3) is 5.91 Å². The van der Waals surface area contributed by atoms with E-state index in [0.29, 0.717) is 41.3 Å². The Bertz CT molecular complexity index is 2110. The summed E-state index contributed by atoms with van der Waals surface area (Å²) in [5, 5.41) is 22.2. The zero-order valence-electron chi connectivity index (χ0n) is 29.9. The molecule has 270 valence electrons.